The van der Waals surface area contributed by atoms with E-state index in [0.717, 1.165) is 16.9 Å². The van der Waals surface area contributed by atoms with Gasteiger partial charge < -0.3 is 4.90 Å². The maximum Gasteiger partial charge on any atom is 0.130 e. The third-order valence-electron chi connectivity index (χ3n) is 3.22. The molecule has 0 spiro atoms. The number of benzene rings is 2. The fraction of sp³-hybridized carbons (Fsp3) is 0.0556. The van der Waals surface area contributed by atoms with Gasteiger partial charge in [0.15, 0.2) is 0 Å². The van der Waals surface area contributed by atoms with Crippen molar-refractivity contribution in [2.24, 2.45) is 0 Å². The Morgan fingerprint density at radius 3 is 1.82 bits per heavy atom. The molecule has 2 rings (SSSR count). The molecule has 0 N–H and O–H groups in total. The Bertz CT molecular complexity index is 794. The maximum absolute atomic E-state index is 8.81. The predicted molar refractivity (Wildman–Crippen MR) is 84.9 cm³/mol. The quantitative estimate of drug-likeness (QED) is 0.804. The Balaban J connectivity index is 2.23. The second-order valence-corrected chi connectivity index (χ2v) is 4.59. The van der Waals surface area contributed by atoms with E-state index in [0.29, 0.717) is 5.56 Å². The van der Waals surface area contributed by atoms with Gasteiger partial charge in [0.2, 0.25) is 0 Å². The van der Waals surface area contributed by atoms with E-state index in [1.54, 1.807) is 18.2 Å². The van der Waals surface area contributed by atoms with Crippen molar-refractivity contribution in [2.75, 3.05) is 11.9 Å². The van der Waals surface area contributed by atoms with Crippen LogP contribution in [0.5, 0.6) is 0 Å². The van der Waals surface area contributed by atoms with E-state index in [1.165, 1.54) is 0 Å². The first-order valence-corrected chi connectivity index (χ1v) is 6.54. The zero-order valence-electron chi connectivity index (χ0n) is 12.0. The van der Waals surface area contributed by atoms with Crippen LogP contribution in [0, 0.1) is 34.0 Å². The molecular formula is C18H12N4. The van der Waals surface area contributed by atoms with E-state index in [-0.39, 0.29) is 5.57 Å². The molecule has 0 unspecified atom stereocenters. The summed E-state index contributed by atoms with van der Waals surface area (Å²) in [6, 6.07) is 20.6. The highest BCUT2D eigenvalue weighted by Gasteiger charge is 2.04. The number of hydrogen-bond acceptors (Lipinski definition) is 4. The van der Waals surface area contributed by atoms with Crippen LogP contribution in [0.15, 0.2) is 54.1 Å². The third kappa shape index (κ3) is 3.31. The van der Waals surface area contributed by atoms with Crippen LogP contribution in [0.4, 0.5) is 11.4 Å². The molecule has 0 aromatic heterocycles. The van der Waals surface area contributed by atoms with Crippen molar-refractivity contribution in [1.82, 2.24) is 0 Å². The van der Waals surface area contributed by atoms with Crippen molar-refractivity contribution in [3.05, 3.63) is 65.2 Å². The van der Waals surface area contributed by atoms with Crippen molar-refractivity contribution >= 4 is 17.5 Å². The van der Waals surface area contributed by atoms with Crippen LogP contribution >= 0.6 is 0 Å². The highest BCUT2D eigenvalue weighted by atomic mass is 15.1. The lowest BCUT2D eigenvalue weighted by atomic mass is 10.1. The Kier molecular flexibility index (Phi) is 4.56. The number of hydrogen-bond donors (Lipinski definition) is 0. The highest BCUT2D eigenvalue weighted by Crippen LogP contribution is 2.24. The summed E-state index contributed by atoms with van der Waals surface area (Å²) in [5.74, 6) is 0. The second kappa shape index (κ2) is 6.75. The zero-order valence-corrected chi connectivity index (χ0v) is 12.0. The minimum absolute atomic E-state index is 0.0770. The predicted octanol–water partition coefficient (Wildman–Crippen LogP) is 3.76. The molecule has 0 saturated carbocycles. The standard InChI is InChI=1S/C18H12N4/c1-22(18-8-4-15(11-19)5-9-18)17-6-2-14(3-7-17)10-16(12-20)13-21/h2-10H,1H3. The number of nitriles is 3. The molecule has 0 fully saturated rings. The van der Waals surface area contributed by atoms with Crippen molar-refractivity contribution in [1.29, 1.82) is 15.8 Å². The topological polar surface area (TPSA) is 74.6 Å². The molecular weight excluding hydrogens is 272 g/mol. The number of anilines is 2. The maximum atomic E-state index is 8.81. The molecule has 4 nitrogen and oxygen atoms in total. The minimum Gasteiger partial charge on any atom is -0.345 e. The molecule has 0 atom stereocenters. The van der Waals surface area contributed by atoms with Gasteiger partial charge >= 0.3 is 0 Å². The van der Waals surface area contributed by atoms with Gasteiger partial charge in [-0.1, -0.05) is 12.1 Å². The van der Waals surface area contributed by atoms with E-state index < -0.39 is 0 Å². The Morgan fingerprint density at radius 2 is 1.36 bits per heavy atom. The Morgan fingerprint density at radius 1 is 0.864 bits per heavy atom. The Hall–Kier alpha value is -3.55. The van der Waals surface area contributed by atoms with Crippen LogP contribution < -0.4 is 4.90 Å². The molecule has 104 valence electrons. The summed E-state index contributed by atoms with van der Waals surface area (Å²) in [6.07, 6.45) is 1.55. The molecule has 0 heterocycles. The number of nitrogens with zero attached hydrogens (tertiary/aromatic N) is 4. The number of rotatable bonds is 3. The molecule has 22 heavy (non-hydrogen) atoms. The van der Waals surface area contributed by atoms with Gasteiger partial charge in [0.05, 0.1) is 11.6 Å². The largest absolute Gasteiger partial charge is 0.345 e. The average molecular weight is 284 g/mol. The van der Waals surface area contributed by atoms with Gasteiger partial charge in [-0.2, -0.15) is 15.8 Å². The smallest absolute Gasteiger partial charge is 0.130 e. The molecule has 0 aliphatic rings. The first-order chi connectivity index (χ1) is 10.7. The minimum atomic E-state index is 0.0770. The molecule has 0 radical (unpaired) electrons. The fourth-order valence-corrected chi connectivity index (χ4v) is 1.96. The number of allylic oxidation sites excluding steroid dienone is 1. The summed E-state index contributed by atoms with van der Waals surface area (Å²) < 4.78 is 0. The van der Waals surface area contributed by atoms with Gasteiger partial charge in [-0.25, -0.2) is 0 Å². The van der Waals surface area contributed by atoms with Crippen LogP contribution in [0.25, 0.3) is 6.08 Å². The zero-order chi connectivity index (χ0) is 15.9. The van der Waals surface area contributed by atoms with Crippen LogP contribution in [0.2, 0.25) is 0 Å². The van der Waals surface area contributed by atoms with E-state index in [1.807, 2.05) is 60.5 Å². The summed E-state index contributed by atoms with van der Waals surface area (Å²) >= 11 is 0. The lowest BCUT2D eigenvalue weighted by molar-refractivity contribution is 1.21. The van der Waals surface area contributed by atoms with Crippen molar-refractivity contribution < 1.29 is 0 Å². The van der Waals surface area contributed by atoms with Gasteiger partial charge in [-0.3, -0.25) is 0 Å². The first-order valence-electron chi connectivity index (χ1n) is 6.54. The van der Waals surface area contributed by atoms with Crippen LogP contribution in [-0.2, 0) is 0 Å². The van der Waals surface area contributed by atoms with Gasteiger partial charge in [0, 0.05) is 18.4 Å². The Labute approximate surface area is 129 Å². The second-order valence-electron chi connectivity index (χ2n) is 4.59. The van der Waals surface area contributed by atoms with Crippen LogP contribution in [0.1, 0.15) is 11.1 Å². The van der Waals surface area contributed by atoms with Crippen molar-refractivity contribution in [2.45, 2.75) is 0 Å². The average Bonchev–Trinajstić information content (AvgIpc) is 2.59. The molecule has 0 aliphatic carbocycles. The molecule has 0 saturated heterocycles. The lowest BCUT2D eigenvalue weighted by Crippen LogP contribution is -2.09. The molecule has 2 aromatic rings. The van der Waals surface area contributed by atoms with Crippen LogP contribution in [-0.4, -0.2) is 7.05 Å². The van der Waals surface area contributed by atoms with E-state index in [9.17, 15) is 0 Å². The molecule has 2 aromatic carbocycles. The molecule has 4 heteroatoms. The lowest BCUT2D eigenvalue weighted by Gasteiger charge is -2.19. The summed E-state index contributed by atoms with van der Waals surface area (Å²) in [7, 11) is 1.93. The summed E-state index contributed by atoms with van der Waals surface area (Å²) in [6.45, 7) is 0. The third-order valence-corrected chi connectivity index (χ3v) is 3.22. The summed E-state index contributed by atoms with van der Waals surface area (Å²) in [4.78, 5) is 1.99. The van der Waals surface area contributed by atoms with E-state index >= 15 is 0 Å². The van der Waals surface area contributed by atoms with Gasteiger partial charge in [0.1, 0.15) is 17.7 Å². The van der Waals surface area contributed by atoms with E-state index in [2.05, 4.69) is 6.07 Å². The van der Waals surface area contributed by atoms with E-state index in [4.69, 9.17) is 15.8 Å². The normalized spacial score (nSPS) is 9.00. The summed E-state index contributed by atoms with van der Waals surface area (Å²) in [5, 5.41) is 26.3. The first kappa shape index (κ1) is 14.9. The highest BCUT2D eigenvalue weighted by molar-refractivity contribution is 5.67. The monoisotopic (exact) mass is 284 g/mol. The van der Waals surface area contributed by atoms with Gasteiger partial charge in [-0.05, 0) is 48.0 Å². The van der Waals surface area contributed by atoms with Crippen molar-refractivity contribution in [3.8, 4) is 18.2 Å². The van der Waals surface area contributed by atoms with Crippen molar-refractivity contribution in [3.63, 3.8) is 0 Å². The molecule has 0 amide bonds. The fourth-order valence-electron chi connectivity index (χ4n) is 1.96. The molecule has 0 bridgehead atoms. The summed E-state index contributed by atoms with van der Waals surface area (Å²) in [5.41, 5.74) is 3.44. The van der Waals surface area contributed by atoms with Gasteiger partial charge in [-0.15, -0.1) is 0 Å². The van der Waals surface area contributed by atoms with Crippen LogP contribution in [0.3, 0.4) is 0 Å². The van der Waals surface area contributed by atoms with Gasteiger partial charge in [0.25, 0.3) is 0 Å². The molecule has 0 aliphatic heterocycles. The SMILES string of the molecule is CN(c1ccc(C#N)cc1)c1ccc(C=C(C#N)C#N)cc1.